The molecular weight excluding hydrogens is 669 g/mol. The predicted octanol–water partition coefficient (Wildman–Crippen LogP) is 15.2. The molecule has 0 amide bonds. The van der Waals surface area contributed by atoms with Crippen molar-refractivity contribution in [3.8, 4) is 0 Å². The van der Waals surface area contributed by atoms with Gasteiger partial charge in [0.25, 0.3) is 0 Å². The first kappa shape index (κ1) is 51.9. The van der Waals surface area contributed by atoms with Gasteiger partial charge >= 0.3 is 11.9 Å². The van der Waals surface area contributed by atoms with E-state index in [2.05, 4.69) is 69.4 Å². The van der Waals surface area contributed by atoms with Crippen molar-refractivity contribution >= 4 is 11.9 Å². The highest BCUT2D eigenvalue weighted by Crippen LogP contribution is 2.13. The van der Waals surface area contributed by atoms with Gasteiger partial charge in [-0.05, 0) is 77.0 Å². The quantitative estimate of drug-likeness (QED) is 0.0353. The average molecular weight is 757 g/mol. The highest BCUT2D eigenvalue weighted by atomic mass is 16.6. The van der Waals surface area contributed by atoms with Gasteiger partial charge in [-0.3, -0.25) is 9.59 Å². The van der Waals surface area contributed by atoms with Gasteiger partial charge in [0.05, 0.1) is 6.61 Å². The molecule has 0 aliphatic heterocycles. The van der Waals surface area contributed by atoms with Crippen LogP contribution in [-0.4, -0.2) is 37.9 Å². The number of carbonyl (C=O) groups is 2. The number of hydrogen-bond acceptors (Lipinski definition) is 5. The summed E-state index contributed by atoms with van der Waals surface area (Å²) in [6.07, 6.45) is 54.0. The van der Waals surface area contributed by atoms with Gasteiger partial charge in [0, 0.05) is 19.4 Å². The van der Waals surface area contributed by atoms with Crippen molar-refractivity contribution in [1.29, 1.82) is 0 Å². The fourth-order valence-electron chi connectivity index (χ4n) is 6.34. The van der Waals surface area contributed by atoms with Crippen molar-refractivity contribution in [3.05, 3.63) is 48.6 Å². The summed E-state index contributed by atoms with van der Waals surface area (Å²) in [5, 5.41) is 0. The second kappa shape index (κ2) is 45.3. The van der Waals surface area contributed by atoms with E-state index < -0.39 is 6.10 Å². The number of rotatable bonds is 42. The Balaban J connectivity index is 4.15. The van der Waals surface area contributed by atoms with E-state index in [4.69, 9.17) is 14.2 Å². The number of carbonyl (C=O) groups excluding carboxylic acids is 2. The van der Waals surface area contributed by atoms with Crippen molar-refractivity contribution in [2.75, 3.05) is 19.8 Å². The summed E-state index contributed by atoms with van der Waals surface area (Å²) in [4.78, 5) is 25.1. The van der Waals surface area contributed by atoms with E-state index in [1.54, 1.807) is 0 Å². The maximum absolute atomic E-state index is 12.6. The van der Waals surface area contributed by atoms with Gasteiger partial charge in [-0.1, -0.05) is 185 Å². The zero-order chi connectivity index (χ0) is 39.3. The van der Waals surface area contributed by atoms with Crippen molar-refractivity contribution < 1.29 is 23.8 Å². The summed E-state index contributed by atoms with van der Waals surface area (Å²) in [5.41, 5.74) is 0. The average Bonchev–Trinajstić information content (AvgIpc) is 3.17. The third-order valence-corrected chi connectivity index (χ3v) is 9.82. The minimum absolute atomic E-state index is 0.0769. The molecule has 0 aromatic carbocycles. The molecule has 5 heteroatoms. The van der Waals surface area contributed by atoms with Crippen molar-refractivity contribution in [3.63, 3.8) is 0 Å². The van der Waals surface area contributed by atoms with Crippen LogP contribution in [0.2, 0.25) is 0 Å². The number of hydrogen-bond donors (Lipinski definition) is 0. The smallest absolute Gasteiger partial charge is 0.306 e. The van der Waals surface area contributed by atoms with Crippen molar-refractivity contribution in [2.24, 2.45) is 0 Å². The SMILES string of the molecule is CCC/C=C\C/C=C\CCCCCCCC(=O)OCC(COCCCCCCCCCC/C=C\C/C=C\CCCCC)OC(=O)CCCCCCCCC. The van der Waals surface area contributed by atoms with Crippen LogP contribution in [0.4, 0.5) is 0 Å². The molecule has 0 aliphatic carbocycles. The van der Waals surface area contributed by atoms with Gasteiger partial charge in [0.1, 0.15) is 6.61 Å². The molecule has 0 radical (unpaired) electrons. The Labute approximate surface area is 335 Å². The van der Waals surface area contributed by atoms with Gasteiger partial charge in [-0.15, -0.1) is 0 Å². The molecule has 0 spiro atoms. The maximum Gasteiger partial charge on any atom is 0.306 e. The van der Waals surface area contributed by atoms with Crippen molar-refractivity contribution in [1.82, 2.24) is 0 Å². The van der Waals surface area contributed by atoms with E-state index in [-0.39, 0.29) is 25.2 Å². The third kappa shape index (κ3) is 42.6. The highest BCUT2D eigenvalue weighted by Gasteiger charge is 2.17. The standard InChI is InChI=1S/C49H88O5/c1-4-7-10-13-16-18-20-22-23-24-25-26-28-30-32-35-38-41-44-52-45-47(54-49(51)43-40-37-33-15-12-9-6-3)46-53-48(50)42-39-36-34-31-29-27-21-19-17-14-11-8-5-2/h11,14,16,18-19,21-23,47H,4-10,12-13,15,17,20,24-46H2,1-3H3/b14-11-,18-16-,21-19-,23-22-. The van der Waals surface area contributed by atoms with Gasteiger partial charge in [0.15, 0.2) is 6.10 Å². The molecule has 54 heavy (non-hydrogen) atoms. The predicted molar refractivity (Wildman–Crippen MR) is 233 cm³/mol. The van der Waals surface area contributed by atoms with E-state index in [0.29, 0.717) is 19.4 Å². The number of allylic oxidation sites excluding steroid dienone is 8. The lowest BCUT2D eigenvalue weighted by Crippen LogP contribution is -2.30. The highest BCUT2D eigenvalue weighted by molar-refractivity contribution is 5.70. The first-order valence-electron chi connectivity index (χ1n) is 23.2. The second-order valence-electron chi connectivity index (χ2n) is 15.3. The molecule has 0 heterocycles. The Kier molecular flexibility index (Phi) is 43.5. The first-order chi connectivity index (χ1) is 26.6. The molecule has 314 valence electrons. The molecule has 0 saturated heterocycles. The molecule has 0 aromatic rings. The van der Waals surface area contributed by atoms with Crippen LogP contribution in [-0.2, 0) is 23.8 Å². The zero-order valence-electron chi connectivity index (χ0n) is 36.0. The minimum atomic E-state index is -0.539. The van der Waals surface area contributed by atoms with Gasteiger partial charge in [-0.2, -0.15) is 0 Å². The molecule has 0 rings (SSSR count). The Morgan fingerprint density at radius 1 is 0.407 bits per heavy atom. The first-order valence-corrected chi connectivity index (χ1v) is 23.2. The molecule has 0 bridgehead atoms. The monoisotopic (exact) mass is 757 g/mol. The van der Waals surface area contributed by atoms with Crippen LogP contribution in [0.1, 0.15) is 226 Å². The summed E-state index contributed by atoms with van der Waals surface area (Å²) in [5.74, 6) is -0.420. The van der Waals surface area contributed by atoms with E-state index in [1.165, 1.54) is 128 Å². The lowest BCUT2D eigenvalue weighted by Gasteiger charge is -2.18. The summed E-state index contributed by atoms with van der Waals surface area (Å²) in [6.45, 7) is 7.69. The molecule has 0 saturated carbocycles. The van der Waals surface area contributed by atoms with Crippen LogP contribution in [0.5, 0.6) is 0 Å². The van der Waals surface area contributed by atoms with Gasteiger partial charge < -0.3 is 14.2 Å². The van der Waals surface area contributed by atoms with Crippen LogP contribution >= 0.6 is 0 Å². The topological polar surface area (TPSA) is 61.8 Å². The Morgan fingerprint density at radius 2 is 0.815 bits per heavy atom. The molecule has 1 atom stereocenters. The molecule has 5 nitrogen and oxygen atoms in total. The van der Waals surface area contributed by atoms with E-state index in [0.717, 1.165) is 64.2 Å². The molecule has 0 aliphatic rings. The second-order valence-corrected chi connectivity index (χ2v) is 15.3. The maximum atomic E-state index is 12.6. The minimum Gasteiger partial charge on any atom is -0.462 e. The van der Waals surface area contributed by atoms with Crippen LogP contribution in [0.3, 0.4) is 0 Å². The molecule has 0 N–H and O–H groups in total. The Morgan fingerprint density at radius 3 is 1.33 bits per heavy atom. The zero-order valence-corrected chi connectivity index (χ0v) is 36.0. The van der Waals surface area contributed by atoms with Gasteiger partial charge in [-0.25, -0.2) is 0 Å². The Bertz CT molecular complexity index is 904. The summed E-state index contributed by atoms with van der Waals surface area (Å²) < 4.78 is 17.3. The van der Waals surface area contributed by atoms with Crippen LogP contribution < -0.4 is 0 Å². The lowest BCUT2D eigenvalue weighted by molar-refractivity contribution is -0.163. The third-order valence-electron chi connectivity index (χ3n) is 9.82. The van der Waals surface area contributed by atoms with E-state index in [9.17, 15) is 9.59 Å². The van der Waals surface area contributed by atoms with E-state index >= 15 is 0 Å². The van der Waals surface area contributed by atoms with E-state index in [1.807, 2.05) is 0 Å². The lowest BCUT2D eigenvalue weighted by atomic mass is 10.1. The number of unbranched alkanes of at least 4 members (excludes halogenated alkanes) is 23. The number of ether oxygens (including phenoxy) is 3. The largest absolute Gasteiger partial charge is 0.462 e. The summed E-state index contributed by atoms with van der Waals surface area (Å²) in [6, 6.07) is 0. The summed E-state index contributed by atoms with van der Waals surface area (Å²) in [7, 11) is 0. The molecule has 1 unspecified atom stereocenters. The van der Waals surface area contributed by atoms with Crippen LogP contribution in [0, 0.1) is 0 Å². The fraction of sp³-hybridized carbons (Fsp3) is 0.796. The molecule has 0 fully saturated rings. The summed E-state index contributed by atoms with van der Waals surface area (Å²) >= 11 is 0. The van der Waals surface area contributed by atoms with Crippen molar-refractivity contribution in [2.45, 2.75) is 232 Å². The molecular formula is C49H88O5. The molecule has 0 aromatic heterocycles. The normalized spacial score (nSPS) is 12.6. The van der Waals surface area contributed by atoms with Gasteiger partial charge in [0.2, 0.25) is 0 Å². The van der Waals surface area contributed by atoms with Crippen LogP contribution in [0.15, 0.2) is 48.6 Å². The fourth-order valence-corrected chi connectivity index (χ4v) is 6.34. The van der Waals surface area contributed by atoms with Crippen LogP contribution in [0.25, 0.3) is 0 Å². The Hall–Kier alpha value is -2.14. The number of esters is 2.